The quantitative estimate of drug-likeness (QED) is 0.640. The Morgan fingerprint density at radius 2 is 2.00 bits per heavy atom. The molecule has 0 aliphatic rings. The van der Waals surface area contributed by atoms with E-state index in [-0.39, 0.29) is 11.4 Å². The molecule has 78 valence electrons. The lowest BCUT2D eigenvalue weighted by Gasteiger charge is -2.32. The van der Waals surface area contributed by atoms with Crippen molar-refractivity contribution in [2.75, 3.05) is 20.6 Å². The molecule has 0 aromatic heterocycles. The molecule has 0 aliphatic carbocycles. The maximum absolute atomic E-state index is 11.2. The first kappa shape index (κ1) is 12.4. The van der Waals surface area contributed by atoms with Crippen LogP contribution < -0.4 is 11.1 Å². The fraction of sp³-hybridized carbons (Fsp3) is 0.889. The zero-order chi connectivity index (χ0) is 10.6. The normalized spacial score (nSPS) is 14.4. The van der Waals surface area contributed by atoms with Crippen LogP contribution in [0.5, 0.6) is 0 Å². The molecule has 0 unspecified atom stereocenters. The van der Waals surface area contributed by atoms with Gasteiger partial charge in [-0.25, -0.2) is 0 Å². The molecule has 0 bridgehead atoms. The molecule has 4 nitrogen and oxygen atoms in total. The molecule has 0 saturated heterocycles. The van der Waals surface area contributed by atoms with Crippen molar-refractivity contribution in [2.45, 2.75) is 32.4 Å². The fourth-order valence-electron chi connectivity index (χ4n) is 0.623. The first-order chi connectivity index (χ1) is 5.77. The van der Waals surface area contributed by atoms with Crippen molar-refractivity contribution >= 4 is 5.91 Å². The van der Waals surface area contributed by atoms with E-state index in [0.29, 0.717) is 6.54 Å². The van der Waals surface area contributed by atoms with Crippen LogP contribution in [0, 0.1) is 0 Å². The van der Waals surface area contributed by atoms with Gasteiger partial charge in [-0.15, -0.1) is 0 Å². The van der Waals surface area contributed by atoms with Crippen molar-refractivity contribution in [1.29, 1.82) is 0 Å². The maximum Gasteiger partial charge on any atom is 0.236 e. The largest absolute Gasteiger partial charge is 0.353 e. The van der Waals surface area contributed by atoms with Crippen LogP contribution in [0.15, 0.2) is 0 Å². The van der Waals surface area contributed by atoms with Gasteiger partial charge >= 0.3 is 0 Å². The van der Waals surface area contributed by atoms with Gasteiger partial charge in [0.1, 0.15) is 0 Å². The molecular formula is C9H21N3O. The third-order valence-electron chi connectivity index (χ3n) is 2.32. The molecule has 0 fully saturated rings. The van der Waals surface area contributed by atoms with Gasteiger partial charge in [-0.3, -0.25) is 4.79 Å². The van der Waals surface area contributed by atoms with Gasteiger partial charge in [0, 0.05) is 12.1 Å². The van der Waals surface area contributed by atoms with E-state index >= 15 is 0 Å². The Morgan fingerprint density at radius 3 is 2.31 bits per heavy atom. The van der Waals surface area contributed by atoms with Gasteiger partial charge in [-0.05, 0) is 34.9 Å². The second kappa shape index (κ2) is 4.58. The van der Waals surface area contributed by atoms with Crippen molar-refractivity contribution < 1.29 is 4.79 Å². The van der Waals surface area contributed by atoms with E-state index in [1.807, 2.05) is 14.1 Å². The predicted octanol–water partition coefficient (Wildman–Crippen LogP) is -0.210. The van der Waals surface area contributed by atoms with Gasteiger partial charge in [0.2, 0.25) is 5.91 Å². The van der Waals surface area contributed by atoms with Crippen molar-refractivity contribution in [2.24, 2.45) is 5.73 Å². The zero-order valence-corrected chi connectivity index (χ0v) is 9.22. The third kappa shape index (κ3) is 4.24. The lowest BCUT2D eigenvalue weighted by molar-refractivity contribution is -0.122. The minimum Gasteiger partial charge on any atom is -0.353 e. The summed E-state index contributed by atoms with van der Waals surface area (Å²) in [5.74, 6) is -0.102. The number of nitrogens with two attached hydrogens (primary N) is 1. The van der Waals surface area contributed by atoms with Crippen LogP contribution in [0.1, 0.15) is 20.8 Å². The van der Waals surface area contributed by atoms with Crippen LogP contribution in [-0.4, -0.2) is 43.0 Å². The van der Waals surface area contributed by atoms with Gasteiger partial charge in [0.05, 0.1) is 6.04 Å². The van der Waals surface area contributed by atoms with Gasteiger partial charge in [-0.2, -0.15) is 0 Å². The number of carbonyl (C=O) groups excluding carboxylic acids is 1. The Morgan fingerprint density at radius 1 is 1.54 bits per heavy atom. The van der Waals surface area contributed by atoms with Crippen LogP contribution in [0.4, 0.5) is 0 Å². The highest BCUT2D eigenvalue weighted by molar-refractivity contribution is 5.81. The highest BCUT2D eigenvalue weighted by Crippen LogP contribution is 2.07. The second-order valence-electron chi connectivity index (χ2n) is 4.21. The van der Waals surface area contributed by atoms with E-state index in [1.54, 1.807) is 6.92 Å². The first-order valence-corrected chi connectivity index (χ1v) is 4.48. The lowest BCUT2D eigenvalue weighted by atomic mass is 10.0. The predicted molar refractivity (Wildman–Crippen MR) is 54.4 cm³/mol. The van der Waals surface area contributed by atoms with E-state index in [1.165, 1.54) is 0 Å². The molecule has 0 aliphatic heterocycles. The summed E-state index contributed by atoms with van der Waals surface area (Å²) >= 11 is 0. The van der Waals surface area contributed by atoms with Crippen LogP contribution in [0.3, 0.4) is 0 Å². The van der Waals surface area contributed by atoms with E-state index in [2.05, 4.69) is 24.1 Å². The highest BCUT2D eigenvalue weighted by atomic mass is 16.2. The standard InChI is InChI=1S/C9H21N3O/c1-7(10)8(13)11-6-9(2,3)12(4)5/h7H,6,10H2,1-5H3,(H,11,13)/t7-/m1/s1. The molecule has 0 rings (SSSR count). The summed E-state index contributed by atoms with van der Waals surface area (Å²) < 4.78 is 0. The molecule has 0 spiro atoms. The topological polar surface area (TPSA) is 58.4 Å². The Balaban J connectivity index is 3.95. The van der Waals surface area contributed by atoms with Gasteiger partial charge in [-0.1, -0.05) is 0 Å². The summed E-state index contributed by atoms with van der Waals surface area (Å²) in [5, 5.41) is 2.80. The molecule has 0 heterocycles. The van der Waals surface area contributed by atoms with E-state index < -0.39 is 6.04 Å². The highest BCUT2D eigenvalue weighted by Gasteiger charge is 2.21. The van der Waals surface area contributed by atoms with E-state index in [0.717, 1.165) is 0 Å². The minimum absolute atomic E-state index is 0.0372. The average molecular weight is 187 g/mol. The van der Waals surface area contributed by atoms with Crippen LogP contribution in [-0.2, 0) is 4.79 Å². The molecule has 0 aromatic rings. The van der Waals surface area contributed by atoms with Gasteiger partial charge < -0.3 is 16.0 Å². The number of hydrogen-bond acceptors (Lipinski definition) is 3. The Hall–Kier alpha value is -0.610. The number of amides is 1. The Kier molecular flexibility index (Phi) is 4.36. The molecule has 3 N–H and O–H groups in total. The Bertz CT molecular complexity index is 176. The SMILES string of the molecule is C[C@@H](N)C(=O)NCC(C)(C)N(C)C. The second-order valence-corrected chi connectivity index (χ2v) is 4.21. The Labute approximate surface area is 80.5 Å². The van der Waals surface area contributed by atoms with E-state index in [4.69, 9.17) is 5.73 Å². The number of likely N-dealkylation sites (N-methyl/N-ethyl adjacent to an activating group) is 1. The summed E-state index contributed by atoms with van der Waals surface area (Å²) in [7, 11) is 3.97. The van der Waals surface area contributed by atoms with Crippen molar-refractivity contribution in [3.8, 4) is 0 Å². The lowest BCUT2D eigenvalue weighted by Crippen LogP contribution is -2.50. The summed E-state index contributed by atoms with van der Waals surface area (Å²) in [5.41, 5.74) is 5.38. The summed E-state index contributed by atoms with van der Waals surface area (Å²) in [6.45, 7) is 6.42. The van der Waals surface area contributed by atoms with Crippen molar-refractivity contribution in [1.82, 2.24) is 10.2 Å². The molecule has 0 aromatic carbocycles. The van der Waals surface area contributed by atoms with Gasteiger partial charge in [0.15, 0.2) is 0 Å². The van der Waals surface area contributed by atoms with Crippen LogP contribution >= 0.6 is 0 Å². The maximum atomic E-state index is 11.2. The number of rotatable bonds is 4. The summed E-state index contributed by atoms with van der Waals surface area (Å²) in [4.78, 5) is 13.2. The van der Waals surface area contributed by atoms with Crippen LogP contribution in [0.25, 0.3) is 0 Å². The summed E-state index contributed by atoms with van der Waals surface area (Å²) in [6, 6.07) is -0.432. The fourth-order valence-corrected chi connectivity index (χ4v) is 0.623. The summed E-state index contributed by atoms with van der Waals surface area (Å²) in [6.07, 6.45) is 0. The molecule has 1 amide bonds. The number of hydrogen-bond donors (Lipinski definition) is 2. The molecule has 13 heavy (non-hydrogen) atoms. The van der Waals surface area contributed by atoms with Gasteiger partial charge in [0.25, 0.3) is 0 Å². The number of nitrogens with zero attached hydrogens (tertiary/aromatic N) is 1. The minimum atomic E-state index is -0.432. The first-order valence-electron chi connectivity index (χ1n) is 4.48. The smallest absolute Gasteiger partial charge is 0.236 e. The average Bonchev–Trinajstić information content (AvgIpc) is 1.99. The third-order valence-corrected chi connectivity index (χ3v) is 2.32. The molecule has 1 atom stereocenters. The molecular weight excluding hydrogens is 166 g/mol. The molecule has 0 radical (unpaired) electrons. The van der Waals surface area contributed by atoms with E-state index in [9.17, 15) is 4.79 Å². The number of carbonyl (C=O) groups is 1. The molecule has 0 saturated carbocycles. The van der Waals surface area contributed by atoms with Crippen molar-refractivity contribution in [3.63, 3.8) is 0 Å². The van der Waals surface area contributed by atoms with Crippen molar-refractivity contribution in [3.05, 3.63) is 0 Å². The molecule has 4 heteroatoms. The number of nitrogens with one attached hydrogen (secondary N) is 1. The zero-order valence-electron chi connectivity index (χ0n) is 9.22. The monoisotopic (exact) mass is 187 g/mol. The van der Waals surface area contributed by atoms with Crippen LogP contribution in [0.2, 0.25) is 0 Å².